The third kappa shape index (κ3) is 3.63. The first-order chi connectivity index (χ1) is 13.6. The molecule has 0 aliphatic carbocycles. The van der Waals surface area contributed by atoms with E-state index in [4.69, 9.17) is 23.2 Å². The Kier molecular flexibility index (Phi) is 5.10. The van der Waals surface area contributed by atoms with Crippen molar-refractivity contribution >= 4 is 34.9 Å². The van der Waals surface area contributed by atoms with Gasteiger partial charge in [0.2, 0.25) is 0 Å². The summed E-state index contributed by atoms with van der Waals surface area (Å²) in [5.74, 6) is 0.0335. The second-order valence-electron chi connectivity index (χ2n) is 5.94. The lowest BCUT2D eigenvalue weighted by Crippen LogP contribution is -2.13. The second-order valence-corrected chi connectivity index (χ2v) is 6.76. The van der Waals surface area contributed by atoms with Crippen molar-refractivity contribution in [3.8, 4) is 16.9 Å². The average Bonchev–Trinajstić information content (AvgIpc) is 3.12. The molecule has 0 unspecified atom stereocenters. The summed E-state index contributed by atoms with van der Waals surface area (Å²) in [6, 6.07) is 23.5. The van der Waals surface area contributed by atoms with Crippen LogP contribution in [0.5, 0.6) is 0 Å². The predicted octanol–water partition coefficient (Wildman–Crippen LogP) is 5.49. The number of nitrogens with one attached hydrogen (secondary N) is 1. The normalized spacial score (nSPS) is 10.6. The van der Waals surface area contributed by atoms with Crippen LogP contribution in [0, 0.1) is 0 Å². The molecule has 1 heterocycles. The van der Waals surface area contributed by atoms with Crippen LogP contribution in [0.4, 0.5) is 5.82 Å². The monoisotopic (exact) mass is 408 g/mol. The van der Waals surface area contributed by atoms with Gasteiger partial charge in [0.25, 0.3) is 5.91 Å². The van der Waals surface area contributed by atoms with E-state index in [1.807, 2.05) is 36.4 Å². The van der Waals surface area contributed by atoms with E-state index in [0.717, 1.165) is 5.56 Å². The maximum atomic E-state index is 12.6. The predicted molar refractivity (Wildman–Crippen MR) is 111 cm³/mol. The lowest BCUT2D eigenvalue weighted by molar-refractivity contribution is 0.102. The molecule has 0 fully saturated rings. The van der Waals surface area contributed by atoms with Gasteiger partial charge in [-0.05, 0) is 24.3 Å². The van der Waals surface area contributed by atoms with Crippen LogP contribution in [0.2, 0.25) is 10.0 Å². The molecule has 138 valence electrons. The molecule has 0 aliphatic heterocycles. The van der Waals surface area contributed by atoms with Crippen molar-refractivity contribution in [2.75, 3.05) is 5.32 Å². The molecule has 1 amide bonds. The molecule has 4 rings (SSSR count). The van der Waals surface area contributed by atoms with Gasteiger partial charge in [0.15, 0.2) is 5.82 Å². The molecule has 5 nitrogen and oxygen atoms in total. The van der Waals surface area contributed by atoms with Gasteiger partial charge in [-0.15, -0.1) is 15.0 Å². The van der Waals surface area contributed by atoms with Gasteiger partial charge in [0.1, 0.15) is 11.4 Å². The zero-order valence-electron chi connectivity index (χ0n) is 14.5. The summed E-state index contributed by atoms with van der Waals surface area (Å²) >= 11 is 12.6. The minimum absolute atomic E-state index is 0.282. The highest BCUT2D eigenvalue weighted by atomic mass is 35.5. The van der Waals surface area contributed by atoms with E-state index in [1.165, 1.54) is 4.80 Å². The van der Waals surface area contributed by atoms with Gasteiger partial charge in [-0.1, -0.05) is 77.8 Å². The fraction of sp³-hybridized carbons (Fsp3) is 0. The highest BCUT2D eigenvalue weighted by molar-refractivity contribution is 6.37. The highest BCUT2D eigenvalue weighted by Gasteiger charge is 2.19. The van der Waals surface area contributed by atoms with E-state index >= 15 is 0 Å². The van der Waals surface area contributed by atoms with Crippen molar-refractivity contribution in [3.05, 3.63) is 94.5 Å². The minimum atomic E-state index is -0.282. The summed E-state index contributed by atoms with van der Waals surface area (Å²) in [6.45, 7) is 0. The Balaban J connectivity index is 1.80. The molecule has 4 aromatic rings. The largest absolute Gasteiger partial charge is 0.303 e. The number of carbonyl (C=O) groups excluding carboxylic acids is 1. The molecule has 0 saturated heterocycles. The molecule has 3 aromatic carbocycles. The summed E-state index contributed by atoms with van der Waals surface area (Å²) in [7, 11) is 0. The Labute approximate surface area is 171 Å². The van der Waals surface area contributed by atoms with E-state index in [1.54, 1.807) is 42.5 Å². The topological polar surface area (TPSA) is 59.8 Å². The molecule has 1 aromatic heterocycles. The second kappa shape index (κ2) is 7.84. The maximum absolute atomic E-state index is 12.6. The van der Waals surface area contributed by atoms with Gasteiger partial charge >= 0.3 is 0 Å². The Hall–Kier alpha value is -3.15. The molecule has 0 radical (unpaired) electrons. The number of halogens is 2. The first-order valence-corrected chi connectivity index (χ1v) is 9.22. The molecule has 0 saturated carbocycles. The molecule has 0 spiro atoms. The quantitative estimate of drug-likeness (QED) is 0.485. The van der Waals surface area contributed by atoms with Crippen molar-refractivity contribution in [2.24, 2.45) is 0 Å². The first kappa shape index (κ1) is 18.2. The Morgan fingerprint density at radius 2 is 1.39 bits per heavy atom. The van der Waals surface area contributed by atoms with Crippen LogP contribution in [0.25, 0.3) is 16.9 Å². The summed E-state index contributed by atoms with van der Waals surface area (Å²) in [5.41, 5.74) is 2.29. The van der Waals surface area contributed by atoms with E-state index in [0.29, 0.717) is 32.8 Å². The summed E-state index contributed by atoms with van der Waals surface area (Å²) in [6.07, 6.45) is 0. The zero-order chi connectivity index (χ0) is 19.5. The number of carbonyl (C=O) groups is 1. The third-order valence-electron chi connectivity index (χ3n) is 4.07. The molecule has 7 heteroatoms. The molecular formula is C21H14Cl2N4O. The summed E-state index contributed by atoms with van der Waals surface area (Å²) < 4.78 is 0. The molecule has 0 atom stereocenters. The van der Waals surface area contributed by atoms with Gasteiger partial charge in [0, 0.05) is 11.1 Å². The number of hydrogen-bond acceptors (Lipinski definition) is 3. The third-order valence-corrected chi connectivity index (χ3v) is 4.68. The fourth-order valence-corrected chi connectivity index (χ4v) is 3.28. The molecule has 0 bridgehead atoms. The van der Waals surface area contributed by atoms with Gasteiger partial charge in [-0.25, -0.2) is 0 Å². The van der Waals surface area contributed by atoms with E-state index < -0.39 is 0 Å². The number of benzene rings is 3. The first-order valence-electron chi connectivity index (χ1n) is 8.47. The number of amides is 1. The molecule has 28 heavy (non-hydrogen) atoms. The SMILES string of the molecule is O=C(Nc1nn(-c2c(Cl)cccc2Cl)nc1-c1ccccc1)c1ccccc1. The van der Waals surface area contributed by atoms with Crippen LogP contribution in [0.15, 0.2) is 78.9 Å². The molecule has 0 aliphatic rings. The number of nitrogens with zero attached hydrogens (tertiary/aromatic N) is 3. The van der Waals surface area contributed by atoms with Crippen LogP contribution >= 0.6 is 23.2 Å². The number of rotatable bonds is 4. The minimum Gasteiger partial charge on any atom is -0.303 e. The maximum Gasteiger partial charge on any atom is 0.256 e. The van der Waals surface area contributed by atoms with Crippen LogP contribution < -0.4 is 5.32 Å². The van der Waals surface area contributed by atoms with Crippen LogP contribution in [-0.2, 0) is 0 Å². The van der Waals surface area contributed by atoms with Crippen molar-refractivity contribution in [1.29, 1.82) is 0 Å². The average molecular weight is 409 g/mol. The Morgan fingerprint density at radius 3 is 2.04 bits per heavy atom. The van der Waals surface area contributed by atoms with Crippen molar-refractivity contribution in [1.82, 2.24) is 15.0 Å². The fourth-order valence-electron chi connectivity index (χ4n) is 2.73. The standard InChI is InChI=1S/C21H14Cl2N4O/c22-16-12-7-13-17(23)19(16)27-25-18(14-8-3-1-4-9-14)20(26-27)24-21(28)15-10-5-2-6-11-15/h1-13H,(H,24,26,28). The van der Waals surface area contributed by atoms with E-state index in [-0.39, 0.29) is 5.91 Å². The summed E-state index contributed by atoms with van der Waals surface area (Å²) in [4.78, 5) is 14.0. The van der Waals surface area contributed by atoms with E-state index in [9.17, 15) is 4.79 Å². The summed E-state index contributed by atoms with van der Waals surface area (Å²) in [5, 5.41) is 12.6. The van der Waals surface area contributed by atoms with Crippen molar-refractivity contribution in [3.63, 3.8) is 0 Å². The van der Waals surface area contributed by atoms with Gasteiger partial charge in [-0.3, -0.25) is 4.79 Å². The Bertz CT molecular complexity index is 1110. The van der Waals surface area contributed by atoms with Gasteiger partial charge in [-0.2, -0.15) is 0 Å². The molecular weight excluding hydrogens is 395 g/mol. The van der Waals surface area contributed by atoms with Crippen LogP contribution in [-0.4, -0.2) is 20.9 Å². The lowest BCUT2D eigenvalue weighted by atomic mass is 10.1. The van der Waals surface area contributed by atoms with Crippen molar-refractivity contribution < 1.29 is 4.79 Å². The smallest absolute Gasteiger partial charge is 0.256 e. The highest BCUT2D eigenvalue weighted by Crippen LogP contribution is 2.31. The number of anilines is 1. The van der Waals surface area contributed by atoms with Gasteiger partial charge < -0.3 is 5.32 Å². The molecule has 1 N–H and O–H groups in total. The lowest BCUT2D eigenvalue weighted by Gasteiger charge is -2.04. The Morgan fingerprint density at radius 1 is 0.786 bits per heavy atom. The van der Waals surface area contributed by atoms with E-state index in [2.05, 4.69) is 15.5 Å². The van der Waals surface area contributed by atoms with Crippen LogP contribution in [0.1, 0.15) is 10.4 Å². The number of hydrogen-bond donors (Lipinski definition) is 1. The van der Waals surface area contributed by atoms with Gasteiger partial charge in [0.05, 0.1) is 10.0 Å². The number of aromatic nitrogens is 3. The van der Waals surface area contributed by atoms with Crippen LogP contribution in [0.3, 0.4) is 0 Å². The van der Waals surface area contributed by atoms with Crippen molar-refractivity contribution in [2.45, 2.75) is 0 Å². The zero-order valence-corrected chi connectivity index (χ0v) is 16.0. The number of para-hydroxylation sites is 1.